The molecular formula is C12H17ClN2O2S. The molecule has 1 aliphatic carbocycles. The summed E-state index contributed by atoms with van der Waals surface area (Å²) >= 11 is 5.86. The van der Waals surface area contributed by atoms with Gasteiger partial charge in [-0.15, -0.1) is 0 Å². The van der Waals surface area contributed by atoms with Crippen molar-refractivity contribution in [3.8, 4) is 0 Å². The molecule has 1 atom stereocenters. The maximum absolute atomic E-state index is 12.2. The fourth-order valence-corrected chi connectivity index (χ4v) is 3.75. The summed E-state index contributed by atoms with van der Waals surface area (Å²) in [6, 6.07) is 2.96. The molecule has 1 saturated carbocycles. The maximum atomic E-state index is 12.2. The molecule has 1 aliphatic rings. The van der Waals surface area contributed by atoms with Crippen LogP contribution in [0.2, 0.25) is 5.02 Å². The van der Waals surface area contributed by atoms with Gasteiger partial charge in [-0.2, -0.15) is 0 Å². The minimum Gasteiger partial charge on any atom is -0.397 e. The van der Waals surface area contributed by atoms with E-state index in [-0.39, 0.29) is 16.6 Å². The molecule has 6 heteroatoms. The Hall–Kier alpha value is -0.780. The summed E-state index contributed by atoms with van der Waals surface area (Å²) in [7, 11) is -3.52. The van der Waals surface area contributed by atoms with Gasteiger partial charge in [0.25, 0.3) is 0 Å². The van der Waals surface area contributed by atoms with Crippen molar-refractivity contribution >= 4 is 27.3 Å². The van der Waals surface area contributed by atoms with E-state index < -0.39 is 10.0 Å². The molecule has 1 unspecified atom stereocenters. The molecule has 0 saturated heterocycles. The van der Waals surface area contributed by atoms with Crippen LogP contribution in [0, 0.1) is 12.8 Å². The van der Waals surface area contributed by atoms with Crippen molar-refractivity contribution in [2.45, 2.75) is 37.6 Å². The number of nitrogens with two attached hydrogens (primary N) is 1. The van der Waals surface area contributed by atoms with Crippen molar-refractivity contribution in [1.82, 2.24) is 4.72 Å². The summed E-state index contributed by atoms with van der Waals surface area (Å²) in [5, 5.41) is 0.377. The van der Waals surface area contributed by atoms with Crippen molar-refractivity contribution < 1.29 is 8.42 Å². The first-order valence-corrected chi connectivity index (χ1v) is 7.75. The summed E-state index contributed by atoms with van der Waals surface area (Å²) in [5.74, 6) is 0.463. The summed E-state index contributed by atoms with van der Waals surface area (Å²) in [5.41, 5.74) is 6.55. The average Bonchev–Trinajstić information content (AvgIpc) is 3.05. The van der Waals surface area contributed by atoms with Gasteiger partial charge in [-0.25, -0.2) is 13.1 Å². The van der Waals surface area contributed by atoms with Crippen LogP contribution in [-0.2, 0) is 10.0 Å². The van der Waals surface area contributed by atoms with Gasteiger partial charge >= 0.3 is 0 Å². The van der Waals surface area contributed by atoms with E-state index in [2.05, 4.69) is 4.72 Å². The summed E-state index contributed by atoms with van der Waals surface area (Å²) in [6.45, 7) is 3.60. The second-order valence-electron chi connectivity index (χ2n) is 4.89. The number of hydrogen-bond donors (Lipinski definition) is 2. The number of nitrogens with one attached hydrogen (secondary N) is 1. The summed E-state index contributed by atoms with van der Waals surface area (Å²) in [6.07, 6.45) is 2.18. The zero-order valence-electron chi connectivity index (χ0n) is 10.4. The molecule has 0 spiro atoms. The molecule has 0 amide bonds. The zero-order chi connectivity index (χ0) is 13.5. The van der Waals surface area contributed by atoms with Crippen molar-refractivity contribution in [2.24, 2.45) is 5.92 Å². The molecule has 18 heavy (non-hydrogen) atoms. The molecule has 0 bridgehead atoms. The lowest BCUT2D eigenvalue weighted by molar-refractivity contribution is 0.537. The average molecular weight is 289 g/mol. The first-order chi connectivity index (χ1) is 8.31. The number of aryl methyl sites for hydroxylation is 1. The van der Waals surface area contributed by atoms with Crippen LogP contribution in [-0.4, -0.2) is 14.5 Å². The van der Waals surface area contributed by atoms with Gasteiger partial charge in [0, 0.05) is 6.04 Å². The highest BCUT2D eigenvalue weighted by molar-refractivity contribution is 7.89. The first-order valence-electron chi connectivity index (χ1n) is 5.89. The summed E-state index contributed by atoms with van der Waals surface area (Å²) in [4.78, 5) is 0.205. The fraction of sp³-hybridized carbons (Fsp3) is 0.500. The second-order valence-corrected chi connectivity index (χ2v) is 6.98. The van der Waals surface area contributed by atoms with Crippen LogP contribution in [0.1, 0.15) is 25.3 Å². The Morgan fingerprint density at radius 2 is 2.06 bits per heavy atom. The minimum atomic E-state index is -3.52. The molecular weight excluding hydrogens is 272 g/mol. The standard InChI is InChI=1S/C12H17ClN2O2S/c1-7-5-10(13)11(14)6-12(7)18(16,17)15-8(2)9-3-4-9/h5-6,8-9,15H,3-4,14H2,1-2H3. The molecule has 0 radical (unpaired) electrons. The molecule has 1 aromatic rings. The number of rotatable bonds is 4. The lowest BCUT2D eigenvalue weighted by Crippen LogP contribution is -2.34. The molecule has 4 nitrogen and oxygen atoms in total. The quantitative estimate of drug-likeness (QED) is 0.835. The van der Waals surface area contributed by atoms with Crippen molar-refractivity contribution in [3.63, 3.8) is 0 Å². The van der Waals surface area contributed by atoms with E-state index in [1.807, 2.05) is 6.92 Å². The third kappa shape index (κ3) is 2.79. The van der Waals surface area contributed by atoms with E-state index in [1.165, 1.54) is 6.07 Å². The predicted octanol–water partition coefficient (Wildman–Crippen LogP) is 2.31. The molecule has 1 aromatic carbocycles. The Morgan fingerprint density at radius 1 is 1.44 bits per heavy atom. The lowest BCUT2D eigenvalue weighted by atomic mass is 10.2. The Bertz CT molecular complexity index is 568. The smallest absolute Gasteiger partial charge is 0.241 e. The van der Waals surface area contributed by atoms with Crippen LogP contribution in [0.15, 0.2) is 17.0 Å². The van der Waals surface area contributed by atoms with Crippen LogP contribution in [0.5, 0.6) is 0 Å². The van der Waals surface area contributed by atoms with E-state index in [4.69, 9.17) is 17.3 Å². The van der Waals surface area contributed by atoms with Gasteiger partial charge in [-0.1, -0.05) is 11.6 Å². The van der Waals surface area contributed by atoms with E-state index >= 15 is 0 Å². The minimum absolute atomic E-state index is 0.0358. The Balaban J connectivity index is 2.31. The monoisotopic (exact) mass is 288 g/mol. The van der Waals surface area contributed by atoms with Crippen LogP contribution in [0.25, 0.3) is 0 Å². The third-order valence-electron chi connectivity index (χ3n) is 3.25. The largest absolute Gasteiger partial charge is 0.397 e. The second kappa shape index (κ2) is 4.72. The third-order valence-corrected chi connectivity index (χ3v) is 5.28. The summed E-state index contributed by atoms with van der Waals surface area (Å²) < 4.78 is 27.2. The molecule has 1 fully saturated rings. The highest BCUT2D eigenvalue weighted by Gasteiger charge is 2.31. The Morgan fingerprint density at radius 3 is 2.61 bits per heavy atom. The molecule has 100 valence electrons. The normalized spacial score (nSPS) is 17.7. The number of hydrogen-bond acceptors (Lipinski definition) is 3. The molecule has 0 aliphatic heterocycles. The number of sulfonamides is 1. The fourth-order valence-electron chi connectivity index (χ4n) is 1.96. The van der Waals surface area contributed by atoms with Crippen LogP contribution >= 0.6 is 11.6 Å². The zero-order valence-corrected chi connectivity index (χ0v) is 12.0. The van der Waals surface area contributed by atoms with Crippen LogP contribution in [0.3, 0.4) is 0 Å². The number of halogens is 1. The topological polar surface area (TPSA) is 72.2 Å². The van der Waals surface area contributed by atoms with Crippen LogP contribution in [0.4, 0.5) is 5.69 Å². The van der Waals surface area contributed by atoms with Crippen molar-refractivity contribution in [3.05, 3.63) is 22.7 Å². The van der Waals surface area contributed by atoms with Gasteiger partial charge < -0.3 is 5.73 Å². The van der Waals surface area contributed by atoms with E-state index in [0.29, 0.717) is 16.5 Å². The number of nitrogen functional groups attached to an aromatic ring is 1. The molecule has 0 aromatic heterocycles. The van der Waals surface area contributed by atoms with Crippen molar-refractivity contribution in [2.75, 3.05) is 5.73 Å². The molecule has 3 N–H and O–H groups in total. The lowest BCUT2D eigenvalue weighted by Gasteiger charge is -2.15. The number of benzene rings is 1. The van der Waals surface area contributed by atoms with E-state index in [9.17, 15) is 8.42 Å². The van der Waals surface area contributed by atoms with Crippen molar-refractivity contribution in [1.29, 1.82) is 0 Å². The van der Waals surface area contributed by atoms with Gasteiger partial charge in [0.15, 0.2) is 0 Å². The highest BCUT2D eigenvalue weighted by Crippen LogP contribution is 2.33. The first kappa shape index (κ1) is 13.6. The van der Waals surface area contributed by atoms with E-state index in [0.717, 1.165) is 12.8 Å². The van der Waals surface area contributed by atoms with Crippen LogP contribution < -0.4 is 10.5 Å². The number of anilines is 1. The van der Waals surface area contributed by atoms with E-state index in [1.54, 1.807) is 13.0 Å². The Labute approximate surface area is 113 Å². The molecule has 0 heterocycles. The maximum Gasteiger partial charge on any atom is 0.241 e. The van der Waals surface area contributed by atoms with Gasteiger partial charge in [-0.05, 0) is 50.3 Å². The van der Waals surface area contributed by atoms with Gasteiger partial charge in [0.05, 0.1) is 15.6 Å². The predicted molar refractivity (Wildman–Crippen MR) is 73.1 cm³/mol. The van der Waals surface area contributed by atoms with Gasteiger partial charge in [0.2, 0.25) is 10.0 Å². The Kier molecular flexibility index (Phi) is 3.58. The highest BCUT2D eigenvalue weighted by atomic mass is 35.5. The van der Waals surface area contributed by atoms with Gasteiger partial charge in [0.1, 0.15) is 0 Å². The molecule has 2 rings (SSSR count). The van der Waals surface area contributed by atoms with Gasteiger partial charge in [-0.3, -0.25) is 0 Å². The SMILES string of the molecule is Cc1cc(Cl)c(N)cc1S(=O)(=O)NC(C)C1CC1.